The number of hydrogen-bond donors (Lipinski definition) is 1. The Hall–Kier alpha value is -3.56. The molecule has 9 nitrogen and oxygen atoms in total. The zero-order valence-corrected chi connectivity index (χ0v) is 25.6. The molecule has 232 valence electrons. The van der Waals surface area contributed by atoms with Gasteiger partial charge in [-0.2, -0.15) is 0 Å². The summed E-state index contributed by atoms with van der Waals surface area (Å²) in [5.74, 6) is 0.485. The van der Waals surface area contributed by atoms with Crippen molar-refractivity contribution in [2.45, 2.75) is 65.0 Å². The normalized spacial score (nSPS) is 21.6. The monoisotopic (exact) mass is 592 g/mol. The number of likely N-dealkylation sites (tertiary alicyclic amines) is 1. The zero-order valence-electron chi connectivity index (χ0n) is 25.6. The first kappa shape index (κ1) is 30.9. The average Bonchev–Trinajstić information content (AvgIpc) is 3.51. The van der Waals surface area contributed by atoms with Gasteiger partial charge in [-0.05, 0) is 68.1 Å². The molecule has 0 radical (unpaired) electrons. The quantitative estimate of drug-likeness (QED) is 0.148. The van der Waals surface area contributed by atoms with Gasteiger partial charge in [0.25, 0.3) is 11.7 Å². The summed E-state index contributed by atoms with van der Waals surface area (Å²) in [6.07, 6.45) is 4.57. The van der Waals surface area contributed by atoms with Crippen LogP contribution in [0.4, 0.5) is 0 Å². The second kappa shape index (κ2) is 14.3. The fourth-order valence-electron chi connectivity index (χ4n) is 6.09. The van der Waals surface area contributed by atoms with Crippen molar-refractivity contribution in [2.24, 2.45) is 0 Å². The number of carbonyl (C=O) groups excluding carboxylic acids is 2. The summed E-state index contributed by atoms with van der Waals surface area (Å²) in [7, 11) is 0. The number of nitrogens with zero attached hydrogens (tertiary/aromatic N) is 2. The molecular formula is C34H44N2O7. The van der Waals surface area contributed by atoms with Gasteiger partial charge in [-0.3, -0.25) is 14.5 Å². The summed E-state index contributed by atoms with van der Waals surface area (Å²) in [5, 5.41) is 11.6. The van der Waals surface area contributed by atoms with Crippen LogP contribution >= 0.6 is 0 Å². The van der Waals surface area contributed by atoms with Crippen LogP contribution < -0.4 is 14.2 Å². The number of morpholine rings is 1. The molecule has 3 heterocycles. The number of Topliss-reactive ketones (excluding diaryl/α,β-unsaturated/α-hetero) is 1. The van der Waals surface area contributed by atoms with Crippen LogP contribution in [-0.4, -0.2) is 85.3 Å². The lowest BCUT2D eigenvalue weighted by molar-refractivity contribution is -0.140. The minimum atomic E-state index is -0.763. The summed E-state index contributed by atoms with van der Waals surface area (Å²) >= 11 is 0. The molecule has 2 fully saturated rings. The average molecular weight is 593 g/mol. The van der Waals surface area contributed by atoms with Gasteiger partial charge < -0.3 is 29.0 Å². The van der Waals surface area contributed by atoms with Crippen LogP contribution in [0.15, 0.2) is 42.0 Å². The van der Waals surface area contributed by atoms with E-state index in [0.717, 1.165) is 50.2 Å². The Bertz CT molecular complexity index is 1330. The molecular weight excluding hydrogens is 548 g/mol. The van der Waals surface area contributed by atoms with Crippen LogP contribution in [-0.2, 0) is 20.7 Å². The van der Waals surface area contributed by atoms with Crippen molar-refractivity contribution in [1.82, 2.24) is 9.80 Å². The van der Waals surface area contributed by atoms with Gasteiger partial charge >= 0.3 is 0 Å². The number of amides is 1. The molecule has 0 aromatic heterocycles. The molecule has 3 aliphatic rings. The predicted molar refractivity (Wildman–Crippen MR) is 164 cm³/mol. The number of unbranched alkanes of at least 4 members (excludes halogenated alkanes) is 2. The van der Waals surface area contributed by atoms with E-state index in [1.54, 1.807) is 11.0 Å². The number of ether oxygens (including phenoxy) is 4. The van der Waals surface area contributed by atoms with Crippen LogP contribution in [0.3, 0.4) is 0 Å². The van der Waals surface area contributed by atoms with Crippen molar-refractivity contribution in [3.63, 3.8) is 0 Å². The molecule has 9 heteroatoms. The lowest BCUT2D eigenvalue weighted by atomic mass is 9.94. The number of rotatable bonds is 13. The predicted octanol–water partition coefficient (Wildman–Crippen LogP) is 5.12. The second-order valence-electron chi connectivity index (χ2n) is 11.4. The largest absolute Gasteiger partial charge is 0.507 e. The van der Waals surface area contributed by atoms with Crippen molar-refractivity contribution in [3.8, 4) is 17.2 Å². The topological polar surface area (TPSA) is 97.8 Å². The molecule has 0 unspecified atom stereocenters. The highest BCUT2D eigenvalue weighted by Gasteiger charge is 2.46. The van der Waals surface area contributed by atoms with Crippen LogP contribution in [0.2, 0.25) is 0 Å². The second-order valence-corrected chi connectivity index (χ2v) is 11.4. The summed E-state index contributed by atoms with van der Waals surface area (Å²) in [5.41, 5.74) is 2.24. The van der Waals surface area contributed by atoms with Gasteiger partial charge in [-0.1, -0.05) is 25.8 Å². The molecule has 2 atom stereocenters. The first-order chi connectivity index (χ1) is 20.9. The van der Waals surface area contributed by atoms with E-state index in [9.17, 15) is 14.7 Å². The van der Waals surface area contributed by atoms with Gasteiger partial charge in [0.1, 0.15) is 17.6 Å². The highest BCUT2D eigenvalue weighted by atomic mass is 16.5. The molecule has 1 amide bonds. The molecule has 2 saturated heterocycles. The van der Waals surface area contributed by atoms with Crippen LogP contribution in [0, 0.1) is 0 Å². The van der Waals surface area contributed by atoms with E-state index in [1.165, 1.54) is 0 Å². The lowest BCUT2D eigenvalue weighted by Crippen LogP contribution is -2.39. The van der Waals surface area contributed by atoms with Crippen LogP contribution in [0.25, 0.3) is 5.76 Å². The van der Waals surface area contributed by atoms with Crippen molar-refractivity contribution in [1.29, 1.82) is 0 Å². The third-order valence-electron chi connectivity index (χ3n) is 8.28. The van der Waals surface area contributed by atoms with Gasteiger partial charge in [0.15, 0.2) is 11.5 Å². The highest BCUT2D eigenvalue weighted by Crippen LogP contribution is 2.43. The van der Waals surface area contributed by atoms with E-state index in [0.29, 0.717) is 68.4 Å². The maximum Gasteiger partial charge on any atom is 0.295 e. The van der Waals surface area contributed by atoms with E-state index >= 15 is 0 Å². The van der Waals surface area contributed by atoms with E-state index in [1.807, 2.05) is 44.2 Å². The Morgan fingerprint density at radius 1 is 0.977 bits per heavy atom. The number of aliphatic hydroxyl groups is 1. The summed E-state index contributed by atoms with van der Waals surface area (Å²) < 4.78 is 23.3. The fourth-order valence-corrected chi connectivity index (χ4v) is 6.09. The Morgan fingerprint density at radius 2 is 1.79 bits per heavy atom. The molecule has 3 aliphatic heterocycles. The number of aliphatic hydroxyl groups excluding tert-OH is 1. The number of fused-ring (bicyclic) bond motifs is 1. The SMILES string of the molecule is CCCCCOc1ccc([C@H]2/C(=C(\O)c3ccc4c(c3)C[C@H](C)O4)C(=O)C(=O)N2CCCN2CCOCC2)cc1OCC. The number of ketones is 1. The van der Waals surface area contributed by atoms with Crippen molar-refractivity contribution in [3.05, 3.63) is 58.7 Å². The van der Waals surface area contributed by atoms with E-state index in [4.69, 9.17) is 18.9 Å². The van der Waals surface area contributed by atoms with Crippen LogP contribution in [0.5, 0.6) is 17.2 Å². The molecule has 1 N–H and O–H groups in total. The molecule has 0 aliphatic carbocycles. The molecule has 2 aromatic carbocycles. The smallest absolute Gasteiger partial charge is 0.295 e. The standard InChI is InChI=1S/C34H44N2O7/c1-4-6-7-17-42-28-12-9-24(22-29(28)41-5-2)31-30(32(37)25-10-11-27-26(21-25)20-23(3)43-27)33(38)34(39)36(31)14-8-13-35-15-18-40-19-16-35/h9-12,21-23,31,37H,4-8,13-20H2,1-3H3/b32-30+/t23-,31-/m0/s1. The fraction of sp³-hybridized carbons (Fsp3) is 0.529. The molecule has 5 rings (SSSR count). The van der Waals surface area contributed by atoms with Crippen LogP contribution in [0.1, 0.15) is 69.2 Å². The minimum absolute atomic E-state index is 0.0455. The highest BCUT2D eigenvalue weighted by molar-refractivity contribution is 6.46. The van der Waals surface area contributed by atoms with E-state index in [-0.39, 0.29) is 17.4 Å². The number of hydrogen-bond acceptors (Lipinski definition) is 8. The lowest BCUT2D eigenvalue weighted by Gasteiger charge is -2.29. The molecule has 2 aromatic rings. The van der Waals surface area contributed by atoms with Gasteiger partial charge in [-0.25, -0.2) is 0 Å². The van der Waals surface area contributed by atoms with E-state index in [2.05, 4.69) is 11.8 Å². The Balaban J connectivity index is 1.49. The molecule has 43 heavy (non-hydrogen) atoms. The molecule has 0 spiro atoms. The van der Waals surface area contributed by atoms with E-state index < -0.39 is 17.7 Å². The van der Waals surface area contributed by atoms with Crippen molar-refractivity contribution in [2.75, 3.05) is 52.6 Å². The molecule has 0 saturated carbocycles. The number of benzene rings is 2. The first-order valence-electron chi connectivity index (χ1n) is 15.7. The number of carbonyl (C=O) groups is 2. The summed E-state index contributed by atoms with van der Waals surface area (Å²) in [6.45, 7) is 11.3. The third kappa shape index (κ3) is 6.99. The Kier molecular flexibility index (Phi) is 10.3. The first-order valence-corrected chi connectivity index (χ1v) is 15.7. The van der Waals surface area contributed by atoms with Gasteiger partial charge in [0.05, 0.1) is 38.0 Å². The third-order valence-corrected chi connectivity index (χ3v) is 8.28. The maximum atomic E-state index is 13.6. The molecule has 0 bridgehead atoms. The Morgan fingerprint density at radius 3 is 2.56 bits per heavy atom. The Labute approximate surface area is 254 Å². The van der Waals surface area contributed by atoms with Gasteiger partial charge in [0.2, 0.25) is 0 Å². The van der Waals surface area contributed by atoms with Gasteiger partial charge in [-0.15, -0.1) is 0 Å². The maximum absolute atomic E-state index is 13.6. The summed E-state index contributed by atoms with van der Waals surface area (Å²) in [4.78, 5) is 31.1. The van der Waals surface area contributed by atoms with Crippen molar-refractivity contribution < 1.29 is 33.6 Å². The van der Waals surface area contributed by atoms with Crippen molar-refractivity contribution >= 4 is 17.4 Å². The minimum Gasteiger partial charge on any atom is -0.507 e. The zero-order chi connectivity index (χ0) is 30.3. The summed E-state index contributed by atoms with van der Waals surface area (Å²) in [6, 6.07) is 10.2. The van der Waals surface area contributed by atoms with Gasteiger partial charge in [0, 0.05) is 38.2 Å².